The Hall–Kier alpha value is -1.04. The lowest BCUT2D eigenvalue weighted by Crippen LogP contribution is -2.40. The Morgan fingerprint density at radius 3 is 2.38 bits per heavy atom. The number of nitrogens with zero attached hydrogens (tertiary/aromatic N) is 1. The summed E-state index contributed by atoms with van der Waals surface area (Å²) in [6, 6.07) is 2.99. The quantitative estimate of drug-likeness (QED) is 0.848. The standard InChI is InChI=1S/C16H24F2N2O/c1-20(11-16(21)5-2-3-6-16)7-4-15(19)12-8-13(17)10-14(18)9-12/h8-10,15,21H,2-7,11,19H2,1H3. The van der Waals surface area contributed by atoms with Crippen LogP contribution in [0.2, 0.25) is 0 Å². The second kappa shape index (κ2) is 6.81. The van der Waals surface area contributed by atoms with Gasteiger partial charge in [-0.25, -0.2) is 8.78 Å². The minimum absolute atomic E-state index is 0.407. The molecule has 21 heavy (non-hydrogen) atoms. The van der Waals surface area contributed by atoms with Crippen molar-refractivity contribution in [1.29, 1.82) is 0 Å². The average Bonchev–Trinajstić information content (AvgIpc) is 2.81. The highest BCUT2D eigenvalue weighted by atomic mass is 19.1. The Balaban J connectivity index is 1.84. The van der Waals surface area contributed by atoms with Crippen LogP contribution in [0.25, 0.3) is 0 Å². The molecule has 1 aliphatic rings. The summed E-state index contributed by atoms with van der Waals surface area (Å²) in [5.41, 5.74) is 5.89. The lowest BCUT2D eigenvalue weighted by Gasteiger charge is -2.29. The second-order valence-electron chi connectivity index (χ2n) is 6.27. The van der Waals surface area contributed by atoms with Crippen LogP contribution in [0.1, 0.15) is 43.7 Å². The van der Waals surface area contributed by atoms with Gasteiger partial charge < -0.3 is 15.7 Å². The molecule has 118 valence electrons. The van der Waals surface area contributed by atoms with E-state index in [2.05, 4.69) is 0 Å². The number of hydrogen-bond acceptors (Lipinski definition) is 3. The number of benzene rings is 1. The van der Waals surface area contributed by atoms with E-state index in [0.717, 1.165) is 31.7 Å². The molecule has 1 aromatic rings. The molecule has 0 bridgehead atoms. The smallest absolute Gasteiger partial charge is 0.126 e. The van der Waals surface area contributed by atoms with Crippen molar-refractivity contribution in [3.05, 3.63) is 35.4 Å². The third-order valence-electron chi connectivity index (χ3n) is 4.23. The summed E-state index contributed by atoms with van der Waals surface area (Å²) in [5.74, 6) is -1.21. The lowest BCUT2D eigenvalue weighted by molar-refractivity contribution is 0.0158. The fourth-order valence-electron chi connectivity index (χ4n) is 3.09. The third-order valence-corrected chi connectivity index (χ3v) is 4.23. The Morgan fingerprint density at radius 2 is 1.81 bits per heavy atom. The molecule has 5 heteroatoms. The summed E-state index contributed by atoms with van der Waals surface area (Å²) in [6.07, 6.45) is 4.44. The molecule has 3 N–H and O–H groups in total. The molecule has 1 unspecified atom stereocenters. The van der Waals surface area contributed by atoms with Gasteiger partial charge in [-0.2, -0.15) is 0 Å². The zero-order chi connectivity index (χ0) is 15.5. The van der Waals surface area contributed by atoms with Crippen LogP contribution in [0.4, 0.5) is 8.78 Å². The molecular weight excluding hydrogens is 274 g/mol. The van der Waals surface area contributed by atoms with Crippen molar-refractivity contribution in [2.75, 3.05) is 20.1 Å². The largest absolute Gasteiger partial charge is 0.389 e. The van der Waals surface area contributed by atoms with Crippen LogP contribution < -0.4 is 5.73 Å². The summed E-state index contributed by atoms with van der Waals surface area (Å²) in [6.45, 7) is 1.30. The number of aliphatic hydroxyl groups is 1. The number of likely N-dealkylation sites (N-methyl/N-ethyl adjacent to an activating group) is 1. The molecule has 1 saturated carbocycles. The molecule has 0 aromatic heterocycles. The van der Waals surface area contributed by atoms with E-state index in [1.54, 1.807) is 0 Å². The van der Waals surface area contributed by atoms with Crippen LogP contribution in [0.3, 0.4) is 0 Å². The van der Waals surface area contributed by atoms with Gasteiger partial charge in [0.15, 0.2) is 0 Å². The molecule has 0 spiro atoms. The van der Waals surface area contributed by atoms with Crippen molar-refractivity contribution in [1.82, 2.24) is 4.90 Å². The van der Waals surface area contributed by atoms with Crippen molar-refractivity contribution >= 4 is 0 Å². The maximum absolute atomic E-state index is 13.2. The highest BCUT2D eigenvalue weighted by molar-refractivity contribution is 5.21. The summed E-state index contributed by atoms with van der Waals surface area (Å²) in [4.78, 5) is 2.04. The normalized spacial score (nSPS) is 19.1. The topological polar surface area (TPSA) is 49.5 Å². The molecule has 0 amide bonds. The fourth-order valence-corrected chi connectivity index (χ4v) is 3.09. The van der Waals surface area contributed by atoms with Crippen molar-refractivity contribution < 1.29 is 13.9 Å². The first-order valence-electron chi connectivity index (χ1n) is 7.50. The van der Waals surface area contributed by atoms with Crippen LogP contribution in [-0.2, 0) is 0 Å². The number of halogens is 2. The molecule has 1 aliphatic carbocycles. The Kier molecular flexibility index (Phi) is 5.30. The van der Waals surface area contributed by atoms with E-state index in [4.69, 9.17) is 5.73 Å². The molecule has 0 aliphatic heterocycles. The van der Waals surface area contributed by atoms with E-state index in [9.17, 15) is 13.9 Å². The minimum atomic E-state index is -0.603. The van der Waals surface area contributed by atoms with Crippen molar-refractivity contribution in [2.24, 2.45) is 5.73 Å². The van der Waals surface area contributed by atoms with Gasteiger partial charge >= 0.3 is 0 Å². The second-order valence-corrected chi connectivity index (χ2v) is 6.27. The monoisotopic (exact) mass is 298 g/mol. The molecule has 0 heterocycles. The van der Waals surface area contributed by atoms with E-state index >= 15 is 0 Å². The molecule has 0 saturated heterocycles. The summed E-state index contributed by atoms with van der Waals surface area (Å²) >= 11 is 0. The predicted octanol–water partition coefficient (Wildman–Crippen LogP) is 2.59. The Morgan fingerprint density at radius 1 is 1.24 bits per heavy atom. The third kappa shape index (κ3) is 4.73. The molecule has 0 radical (unpaired) electrons. The van der Waals surface area contributed by atoms with Gasteiger partial charge in [0.05, 0.1) is 5.60 Å². The van der Waals surface area contributed by atoms with Gasteiger partial charge in [-0.05, 0) is 50.6 Å². The van der Waals surface area contributed by atoms with Gasteiger partial charge in [0, 0.05) is 18.7 Å². The van der Waals surface area contributed by atoms with E-state index in [-0.39, 0.29) is 0 Å². The molecule has 1 fully saturated rings. The van der Waals surface area contributed by atoms with E-state index < -0.39 is 23.3 Å². The Labute approximate surface area is 124 Å². The van der Waals surface area contributed by atoms with E-state index in [0.29, 0.717) is 25.1 Å². The highest BCUT2D eigenvalue weighted by Crippen LogP contribution is 2.30. The van der Waals surface area contributed by atoms with E-state index in [1.807, 2.05) is 11.9 Å². The van der Waals surface area contributed by atoms with Crippen LogP contribution in [0, 0.1) is 11.6 Å². The van der Waals surface area contributed by atoms with Crippen LogP contribution in [0.15, 0.2) is 18.2 Å². The van der Waals surface area contributed by atoms with Crippen LogP contribution in [-0.4, -0.2) is 35.7 Å². The van der Waals surface area contributed by atoms with Gasteiger partial charge in [-0.15, -0.1) is 0 Å². The first-order chi connectivity index (χ1) is 9.88. The lowest BCUT2D eigenvalue weighted by atomic mass is 10.0. The molecule has 1 aromatic carbocycles. The maximum Gasteiger partial charge on any atom is 0.126 e. The van der Waals surface area contributed by atoms with Crippen molar-refractivity contribution in [3.8, 4) is 0 Å². The van der Waals surface area contributed by atoms with Gasteiger partial charge in [-0.1, -0.05) is 12.8 Å². The van der Waals surface area contributed by atoms with Crippen LogP contribution in [0.5, 0.6) is 0 Å². The number of nitrogens with two attached hydrogens (primary N) is 1. The minimum Gasteiger partial charge on any atom is -0.389 e. The first-order valence-corrected chi connectivity index (χ1v) is 7.50. The fraction of sp³-hybridized carbons (Fsp3) is 0.625. The molecule has 3 nitrogen and oxygen atoms in total. The SMILES string of the molecule is CN(CCC(N)c1cc(F)cc(F)c1)CC1(O)CCCC1. The summed E-state index contributed by atoms with van der Waals surface area (Å²) in [7, 11) is 1.94. The van der Waals surface area contributed by atoms with Gasteiger partial charge in [0.25, 0.3) is 0 Å². The van der Waals surface area contributed by atoms with Gasteiger partial charge in [-0.3, -0.25) is 0 Å². The zero-order valence-electron chi connectivity index (χ0n) is 12.5. The number of rotatable bonds is 6. The van der Waals surface area contributed by atoms with Crippen molar-refractivity contribution in [2.45, 2.75) is 43.7 Å². The molecule has 2 rings (SSSR count). The average molecular weight is 298 g/mol. The van der Waals surface area contributed by atoms with Crippen LogP contribution >= 0.6 is 0 Å². The molecular formula is C16H24F2N2O. The highest BCUT2D eigenvalue weighted by Gasteiger charge is 2.32. The number of hydrogen-bond donors (Lipinski definition) is 2. The van der Waals surface area contributed by atoms with Gasteiger partial charge in [0.2, 0.25) is 0 Å². The van der Waals surface area contributed by atoms with E-state index in [1.165, 1.54) is 12.1 Å². The zero-order valence-corrected chi connectivity index (χ0v) is 12.5. The maximum atomic E-state index is 13.2. The predicted molar refractivity (Wildman–Crippen MR) is 78.8 cm³/mol. The van der Waals surface area contributed by atoms with Gasteiger partial charge in [0.1, 0.15) is 11.6 Å². The van der Waals surface area contributed by atoms with Crippen molar-refractivity contribution in [3.63, 3.8) is 0 Å². The summed E-state index contributed by atoms with van der Waals surface area (Å²) < 4.78 is 26.3. The Bertz CT molecular complexity index is 455. The molecule has 1 atom stereocenters. The first kappa shape index (κ1) is 16.3. The summed E-state index contributed by atoms with van der Waals surface area (Å²) in [5, 5.41) is 10.3.